The second-order valence-electron chi connectivity index (χ2n) is 4.69. The minimum atomic E-state index is -1.17. The van der Waals surface area contributed by atoms with Gasteiger partial charge in [0.2, 0.25) is 0 Å². The highest BCUT2D eigenvalue weighted by molar-refractivity contribution is 5.87. The lowest BCUT2D eigenvalue weighted by Gasteiger charge is -2.20. The molecule has 0 aliphatic carbocycles. The highest BCUT2D eigenvalue weighted by Crippen LogP contribution is 2.17. The highest BCUT2D eigenvalue weighted by Gasteiger charge is 2.27. The number of ether oxygens (including phenoxy) is 1. The predicted molar refractivity (Wildman–Crippen MR) is 75.2 cm³/mol. The van der Waals surface area contributed by atoms with Gasteiger partial charge in [0.15, 0.2) is 6.10 Å². The first-order valence-corrected chi connectivity index (χ1v) is 6.50. The van der Waals surface area contributed by atoms with E-state index in [2.05, 4.69) is 5.32 Å². The molecule has 6 heteroatoms. The van der Waals surface area contributed by atoms with Crippen LogP contribution in [0.3, 0.4) is 0 Å². The van der Waals surface area contributed by atoms with E-state index in [9.17, 15) is 9.59 Å². The number of methoxy groups -OCH3 is 1. The second kappa shape index (κ2) is 8.02. The molecule has 0 spiro atoms. The van der Waals surface area contributed by atoms with Crippen LogP contribution >= 0.6 is 0 Å². The minimum absolute atomic E-state index is 0.0444. The Hall–Kier alpha value is -2.39. The number of hydrogen-bond donors (Lipinski definition) is 2. The van der Waals surface area contributed by atoms with Gasteiger partial charge in [-0.05, 0) is 18.9 Å². The van der Waals surface area contributed by atoms with Gasteiger partial charge in [0.25, 0.3) is 5.91 Å². The molecule has 0 bridgehead atoms. The average molecular weight is 290 g/mol. The van der Waals surface area contributed by atoms with Gasteiger partial charge in [-0.2, -0.15) is 5.26 Å². The fraction of sp³-hybridized carbons (Fsp3) is 0.400. The quantitative estimate of drug-likeness (QED) is 0.792. The maximum absolute atomic E-state index is 12.2. The second-order valence-corrected chi connectivity index (χ2v) is 4.69. The molecule has 1 amide bonds. The van der Waals surface area contributed by atoms with Crippen molar-refractivity contribution >= 4 is 11.9 Å². The topological polar surface area (TPSA) is 99.4 Å². The van der Waals surface area contributed by atoms with Crippen LogP contribution in [0, 0.1) is 17.2 Å². The number of carbonyl (C=O) groups excluding carboxylic acids is 1. The van der Waals surface area contributed by atoms with E-state index < -0.39 is 29.9 Å². The Morgan fingerprint density at radius 3 is 2.48 bits per heavy atom. The van der Waals surface area contributed by atoms with E-state index >= 15 is 0 Å². The van der Waals surface area contributed by atoms with Crippen molar-refractivity contribution in [1.29, 1.82) is 5.26 Å². The van der Waals surface area contributed by atoms with E-state index in [0.29, 0.717) is 5.56 Å². The maximum atomic E-state index is 12.2. The normalized spacial score (nSPS) is 14.5. The highest BCUT2D eigenvalue weighted by atomic mass is 16.5. The van der Waals surface area contributed by atoms with Crippen molar-refractivity contribution in [3.63, 3.8) is 0 Å². The summed E-state index contributed by atoms with van der Waals surface area (Å²) in [4.78, 5) is 23.3. The van der Waals surface area contributed by atoms with E-state index in [1.807, 2.05) is 12.1 Å². The lowest BCUT2D eigenvalue weighted by Crippen LogP contribution is -2.44. The number of nitrogens with zero attached hydrogens (tertiary/aromatic N) is 1. The van der Waals surface area contributed by atoms with E-state index in [4.69, 9.17) is 15.1 Å². The molecule has 0 aliphatic heterocycles. The van der Waals surface area contributed by atoms with Gasteiger partial charge in [0.05, 0.1) is 6.07 Å². The smallest absolute Gasteiger partial charge is 0.326 e. The number of aliphatic carboxylic acids is 1. The molecule has 0 aliphatic rings. The fourth-order valence-corrected chi connectivity index (χ4v) is 1.90. The van der Waals surface area contributed by atoms with Crippen molar-refractivity contribution in [2.75, 3.05) is 7.11 Å². The molecule has 3 atom stereocenters. The zero-order valence-corrected chi connectivity index (χ0v) is 11.9. The van der Waals surface area contributed by atoms with Gasteiger partial charge < -0.3 is 15.2 Å². The molecule has 0 fully saturated rings. The van der Waals surface area contributed by atoms with Gasteiger partial charge in [-0.15, -0.1) is 0 Å². The third-order valence-electron chi connectivity index (χ3n) is 3.00. The summed E-state index contributed by atoms with van der Waals surface area (Å²) in [5, 5.41) is 20.3. The SMILES string of the molecule is CO[C@H](C(=O)N[C@@H](C[C@@H](C)C#N)C(=O)O)c1ccccc1. The summed E-state index contributed by atoms with van der Waals surface area (Å²) >= 11 is 0. The third kappa shape index (κ3) is 4.89. The number of carboxylic acids is 1. The zero-order valence-electron chi connectivity index (χ0n) is 11.9. The van der Waals surface area contributed by atoms with Crippen LogP contribution in [0.4, 0.5) is 0 Å². The molecule has 0 radical (unpaired) electrons. The van der Waals surface area contributed by atoms with Gasteiger partial charge in [-0.1, -0.05) is 30.3 Å². The molecule has 1 rings (SSSR count). The fourth-order valence-electron chi connectivity index (χ4n) is 1.90. The molecule has 0 unspecified atom stereocenters. The molecule has 1 aromatic rings. The molecule has 0 saturated heterocycles. The number of carboxylic acid groups (broad SMARTS) is 1. The Morgan fingerprint density at radius 1 is 1.38 bits per heavy atom. The zero-order chi connectivity index (χ0) is 15.8. The van der Waals surface area contributed by atoms with Crippen LogP contribution in [0.1, 0.15) is 25.0 Å². The molecular formula is C15H18N2O4. The molecule has 0 saturated carbocycles. The van der Waals surface area contributed by atoms with Crippen LogP contribution in [0.25, 0.3) is 0 Å². The lowest BCUT2D eigenvalue weighted by molar-refractivity contribution is -0.144. The molecule has 0 heterocycles. The first kappa shape index (κ1) is 16.7. The molecule has 112 valence electrons. The van der Waals surface area contributed by atoms with Crippen molar-refractivity contribution < 1.29 is 19.4 Å². The van der Waals surface area contributed by atoms with Crippen molar-refractivity contribution in [2.24, 2.45) is 5.92 Å². The Morgan fingerprint density at radius 2 is 2.00 bits per heavy atom. The summed E-state index contributed by atoms with van der Waals surface area (Å²) in [6.45, 7) is 1.60. The van der Waals surface area contributed by atoms with Gasteiger partial charge in [-0.3, -0.25) is 4.79 Å². The number of rotatable bonds is 7. The molecule has 1 aromatic carbocycles. The first-order chi connectivity index (χ1) is 9.99. The van der Waals surface area contributed by atoms with E-state index in [1.54, 1.807) is 31.2 Å². The number of benzene rings is 1. The van der Waals surface area contributed by atoms with Crippen LogP contribution in [-0.4, -0.2) is 30.1 Å². The largest absolute Gasteiger partial charge is 0.480 e. The summed E-state index contributed by atoms with van der Waals surface area (Å²) in [6, 6.07) is 9.62. The number of hydrogen-bond acceptors (Lipinski definition) is 4. The van der Waals surface area contributed by atoms with Crippen molar-refractivity contribution in [3.05, 3.63) is 35.9 Å². The first-order valence-electron chi connectivity index (χ1n) is 6.50. The van der Waals surface area contributed by atoms with E-state index in [0.717, 1.165) is 0 Å². The molecule has 21 heavy (non-hydrogen) atoms. The van der Waals surface area contributed by atoms with Crippen molar-refractivity contribution in [2.45, 2.75) is 25.5 Å². The number of carbonyl (C=O) groups is 2. The third-order valence-corrected chi connectivity index (χ3v) is 3.00. The van der Waals surface area contributed by atoms with Crippen LogP contribution in [-0.2, 0) is 14.3 Å². The van der Waals surface area contributed by atoms with Crippen LogP contribution in [0.5, 0.6) is 0 Å². The lowest BCUT2D eigenvalue weighted by atomic mass is 10.0. The summed E-state index contributed by atoms with van der Waals surface area (Å²) in [7, 11) is 1.38. The van der Waals surface area contributed by atoms with Gasteiger partial charge in [0.1, 0.15) is 6.04 Å². The minimum Gasteiger partial charge on any atom is -0.480 e. The summed E-state index contributed by atoms with van der Waals surface area (Å²) < 4.78 is 5.14. The number of nitrogens with one attached hydrogen (secondary N) is 1. The van der Waals surface area contributed by atoms with Crippen molar-refractivity contribution in [3.8, 4) is 6.07 Å². The van der Waals surface area contributed by atoms with Gasteiger partial charge >= 0.3 is 5.97 Å². The summed E-state index contributed by atoms with van der Waals surface area (Å²) in [6.07, 6.45) is -0.839. The molecule has 0 aromatic heterocycles. The number of amides is 1. The van der Waals surface area contributed by atoms with Crippen molar-refractivity contribution in [1.82, 2.24) is 5.32 Å². The Kier molecular flexibility index (Phi) is 6.37. The molecule has 2 N–H and O–H groups in total. The Labute approximate surface area is 123 Å². The van der Waals surface area contributed by atoms with Gasteiger partial charge in [-0.25, -0.2) is 4.79 Å². The summed E-state index contributed by atoms with van der Waals surface area (Å²) in [5.41, 5.74) is 0.634. The monoisotopic (exact) mass is 290 g/mol. The standard InChI is InChI=1S/C15H18N2O4/c1-10(9-16)8-12(15(19)20)17-14(18)13(21-2)11-6-4-3-5-7-11/h3-7,10,12-13H,8H2,1-2H3,(H,17,18)(H,19,20)/t10-,12+,13+/m1/s1. The number of nitriles is 1. The maximum Gasteiger partial charge on any atom is 0.326 e. The average Bonchev–Trinajstić information content (AvgIpc) is 2.48. The van der Waals surface area contributed by atoms with Gasteiger partial charge in [0, 0.05) is 13.0 Å². The van der Waals surface area contributed by atoms with E-state index in [-0.39, 0.29) is 6.42 Å². The van der Waals surface area contributed by atoms with Crippen LogP contribution < -0.4 is 5.32 Å². The molecular weight excluding hydrogens is 272 g/mol. The van der Waals surface area contributed by atoms with Crippen LogP contribution in [0.2, 0.25) is 0 Å². The molecule has 6 nitrogen and oxygen atoms in total. The predicted octanol–water partition coefficient (Wildman–Crippen LogP) is 1.49. The van der Waals surface area contributed by atoms with Crippen LogP contribution in [0.15, 0.2) is 30.3 Å². The Balaban J connectivity index is 2.80. The van der Waals surface area contributed by atoms with E-state index in [1.165, 1.54) is 7.11 Å². The summed E-state index contributed by atoms with van der Waals surface area (Å²) in [5.74, 6) is -2.18. The Bertz CT molecular complexity index is 524.